The molecule has 1 spiro atoms. The Morgan fingerprint density at radius 1 is 1.23 bits per heavy atom. The number of hydrogen-bond donors (Lipinski definition) is 2. The Kier molecular flexibility index (Phi) is 5.67. The van der Waals surface area contributed by atoms with Crippen LogP contribution in [0.5, 0.6) is 0 Å². The molecule has 2 atom stereocenters. The van der Waals surface area contributed by atoms with Gasteiger partial charge in [0.2, 0.25) is 0 Å². The average Bonchev–Trinajstić information content (AvgIpc) is 3.36. The van der Waals surface area contributed by atoms with Crippen molar-refractivity contribution < 1.29 is 14.6 Å². The Morgan fingerprint density at radius 2 is 2.06 bits per heavy atom. The van der Waals surface area contributed by atoms with Crippen LogP contribution in [-0.4, -0.2) is 39.7 Å². The molecular weight excluding hydrogens is 436 g/mol. The van der Waals surface area contributed by atoms with Gasteiger partial charge in [-0.2, -0.15) is 0 Å². The molecule has 1 aliphatic carbocycles. The Morgan fingerprint density at radius 3 is 2.77 bits per heavy atom. The molecule has 2 aliphatic heterocycles. The predicted octanol–water partition coefficient (Wildman–Crippen LogP) is 5.82. The van der Waals surface area contributed by atoms with Crippen molar-refractivity contribution in [2.45, 2.75) is 63.6 Å². The van der Waals surface area contributed by atoms with E-state index in [-0.39, 0.29) is 11.6 Å². The van der Waals surface area contributed by atoms with E-state index in [1.165, 1.54) is 34.9 Å². The number of carboxylic acid groups (broad SMARTS) is 1. The molecule has 3 fully saturated rings. The monoisotopic (exact) mass is 468 g/mol. The van der Waals surface area contributed by atoms with E-state index in [2.05, 4.69) is 40.8 Å². The van der Waals surface area contributed by atoms with E-state index in [0.717, 1.165) is 56.5 Å². The third-order valence-corrected chi connectivity index (χ3v) is 8.09. The molecule has 2 aromatic carbocycles. The molecule has 0 amide bonds. The summed E-state index contributed by atoms with van der Waals surface area (Å²) in [7, 11) is 0. The molecule has 1 aromatic heterocycles. The van der Waals surface area contributed by atoms with Gasteiger partial charge in [-0.25, -0.2) is 4.79 Å². The number of benzene rings is 2. The molecule has 6 rings (SSSR count). The number of aromatic carboxylic acids is 1. The molecule has 2 saturated heterocycles. The number of aromatic nitrogens is 1. The SMILES string of the molecule is Cc1cc(C#CC2CC2)c(CN2CCC3(CCCO3)C[C@H]2c2ccc(C(=O)O)cc2)c2cc[nH]c12. The third-order valence-electron chi connectivity index (χ3n) is 8.09. The van der Waals surface area contributed by atoms with Gasteiger partial charge >= 0.3 is 5.97 Å². The molecule has 3 heterocycles. The number of rotatable bonds is 4. The number of carboxylic acids is 1. The summed E-state index contributed by atoms with van der Waals surface area (Å²) < 4.78 is 6.31. The van der Waals surface area contributed by atoms with Crippen LogP contribution < -0.4 is 0 Å². The van der Waals surface area contributed by atoms with Crippen molar-refractivity contribution in [3.05, 3.63) is 70.4 Å². The minimum atomic E-state index is -0.888. The Hall–Kier alpha value is -3.07. The molecule has 35 heavy (non-hydrogen) atoms. The lowest BCUT2D eigenvalue weighted by molar-refractivity contribution is -0.0675. The molecule has 3 aliphatic rings. The van der Waals surface area contributed by atoms with Crippen molar-refractivity contribution in [2.75, 3.05) is 13.2 Å². The third kappa shape index (κ3) is 4.37. The second-order valence-electron chi connectivity index (χ2n) is 10.5. The number of aromatic amines is 1. The van der Waals surface area contributed by atoms with Crippen LogP contribution in [0, 0.1) is 24.7 Å². The maximum absolute atomic E-state index is 11.4. The number of nitrogens with one attached hydrogen (secondary N) is 1. The normalized spacial score (nSPS) is 24.5. The molecule has 1 saturated carbocycles. The number of nitrogens with zero attached hydrogens (tertiary/aromatic N) is 1. The molecular formula is C30H32N2O3. The van der Waals surface area contributed by atoms with Crippen molar-refractivity contribution in [1.82, 2.24) is 9.88 Å². The molecule has 0 radical (unpaired) electrons. The number of H-pyrrole nitrogens is 1. The number of piperidine rings is 1. The average molecular weight is 469 g/mol. The molecule has 1 unspecified atom stereocenters. The fourth-order valence-electron chi connectivity index (χ4n) is 5.93. The second-order valence-corrected chi connectivity index (χ2v) is 10.5. The Balaban J connectivity index is 1.38. The number of ether oxygens (including phenoxy) is 1. The highest BCUT2D eigenvalue weighted by atomic mass is 16.5. The van der Waals surface area contributed by atoms with E-state index in [4.69, 9.17) is 4.74 Å². The lowest BCUT2D eigenvalue weighted by Crippen LogP contribution is -2.45. The zero-order valence-corrected chi connectivity index (χ0v) is 20.3. The minimum Gasteiger partial charge on any atom is -0.478 e. The number of carbonyl (C=O) groups is 1. The van der Waals surface area contributed by atoms with Crippen LogP contribution in [0.1, 0.15) is 77.2 Å². The van der Waals surface area contributed by atoms with Crippen LogP contribution in [-0.2, 0) is 11.3 Å². The molecule has 3 aromatic rings. The van der Waals surface area contributed by atoms with E-state index in [1.54, 1.807) is 12.1 Å². The zero-order valence-electron chi connectivity index (χ0n) is 20.3. The van der Waals surface area contributed by atoms with Crippen LogP contribution in [0.25, 0.3) is 10.9 Å². The summed E-state index contributed by atoms with van der Waals surface area (Å²) in [5.41, 5.74) is 6.27. The smallest absolute Gasteiger partial charge is 0.335 e. The van der Waals surface area contributed by atoms with Crippen molar-refractivity contribution in [3.63, 3.8) is 0 Å². The van der Waals surface area contributed by atoms with Gasteiger partial charge in [0, 0.05) is 54.3 Å². The first-order chi connectivity index (χ1) is 17.0. The maximum Gasteiger partial charge on any atom is 0.335 e. The second kappa shape index (κ2) is 8.86. The number of fused-ring (bicyclic) bond motifs is 1. The van der Waals surface area contributed by atoms with Crippen molar-refractivity contribution in [3.8, 4) is 11.8 Å². The number of hydrogen-bond acceptors (Lipinski definition) is 3. The first kappa shape index (κ1) is 22.4. The topological polar surface area (TPSA) is 65.6 Å². The summed E-state index contributed by atoms with van der Waals surface area (Å²) in [6.45, 7) is 4.75. The van der Waals surface area contributed by atoms with Gasteiger partial charge in [0.1, 0.15) is 0 Å². The van der Waals surface area contributed by atoms with E-state index >= 15 is 0 Å². The standard InChI is InChI=1S/C30H32N2O3/c1-20-17-24(6-5-21-3-4-21)26(25-11-14-31-28(20)25)19-32-15-13-30(12-2-16-35-30)18-27(32)22-7-9-23(10-8-22)29(33)34/h7-11,14,17,21,27,31H,2-4,12-13,15-16,18-19H2,1H3,(H,33,34)/t27-,30?/m0/s1. The summed E-state index contributed by atoms with van der Waals surface area (Å²) in [6, 6.07) is 12.0. The lowest BCUT2D eigenvalue weighted by atomic mass is 9.81. The Bertz CT molecular complexity index is 1320. The van der Waals surface area contributed by atoms with Gasteiger partial charge in [-0.05, 0) is 86.4 Å². The molecule has 2 N–H and O–H groups in total. The summed E-state index contributed by atoms with van der Waals surface area (Å²) >= 11 is 0. The molecule has 5 heteroatoms. The highest BCUT2D eigenvalue weighted by Gasteiger charge is 2.43. The molecule has 0 bridgehead atoms. The van der Waals surface area contributed by atoms with Gasteiger partial charge in [-0.15, -0.1) is 0 Å². The van der Waals surface area contributed by atoms with Gasteiger partial charge in [-0.3, -0.25) is 4.90 Å². The van der Waals surface area contributed by atoms with Crippen LogP contribution in [0.3, 0.4) is 0 Å². The van der Waals surface area contributed by atoms with E-state index < -0.39 is 5.97 Å². The molecule has 180 valence electrons. The highest BCUT2D eigenvalue weighted by Crippen LogP contribution is 2.45. The van der Waals surface area contributed by atoms with Crippen molar-refractivity contribution in [1.29, 1.82) is 0 Å². The number of aryl methyl sites for hydroxylation is 1. The minimum absolute atomic E-state index is 0.0576. The lowest BCUT2D eigenvalue weighted by Gasteiger charge is -2.45. The fraction of sp³-hybridized carbons (Fsp3) is 0.433. The van der Waals surface area contributed by atoms with E-state index in [1.807, 2.05) is 18.3 Å². The summed E-state index contributed by atoms with van der Waals surface area (Å²) in [5.74, 6) is 6.68. The van der Waals surface area contributed by atoms with Gasteiger partial charge < -0.3 is 14.8 Å². The maximum atomic E-state index is 11.4. The fourth-order valence-corrected chi connectivity index (χ4v) is 5.93. The first-order valence-electron chi connectivity index (χ1n) is 12.8. The van der Waals surface area contributed by atoms with Gasteiger partial charge in [0.25, 0.3) is 0 Å². The van der Waals surface area contributed by atoms with Crippen LogP contribution in [0.15, 0.2) is 42.6 Å². The number of likely N-dealkylation sites (tertiary alicyclic amines) is 1. The molecule has 5 nitrogen and oxygen atoms in total. The summed E-state index contributed by atoms with van der Waals surface area (Å²) in [4.78, 5) is 17.4. The van der Waals surface area contributed by atoms with Gasteiger partial charge in [0.05, 0.1) is 11.2 Å². The van der Waals surface area contributed by atoms with Crippen molar-refractivity contribution in [2.24, 2.45) is 5.92 Å². The Labute approximate surface area is 206 Å². The largest absolute Gasteiger partial charge is 0.478 e. The van der Waals surface area contributed by atoms with Crippen LogP contribution in [0.2, 0.25) is 0 Å². The van der Waals surface area contributed by atoms with E-state index in [9.17, 15) is 9.90 Å². The van der Waals surface area contributed by atoms with Crippen LogP contribution >= 0.6 is 0 Å². The summed E-state index contributed by atoms with van der Waals surface area (Å²) in [6.07, 6.45) is 8.65. The van der Waals surface area contributed by atoms with Gasteiger partial charge in [-0.1, -0.05) is 24.0 Å². The van der Waals surface area contributed by atoms with Crippen molar-refractivity contribution >= 4 is 16.9 Å². The first-order valence-corrected chi connectivity index (χ1v) is 12.8. The predicted molar refractivity (Wildman–Crippen MR) is 136 cm³/mol. The van der Waals surface area contributed by atoms with Crippen LogP contribution in [0.4, 0.5) is 0 Å². The summed E-state index contributed by atoms with van der Waals surface area (Å²) in [5, 5.41) is 10.6. The quantitative estimate of drug-likeness (QED) is 0.474. The van der Waals surface area contributed by atoms with Gasteiger partial charge in [0.15, 0.2) is 0 Å². The highest BCUT2D eigenvalue weighted by molar-refractivity contribution is 5.88. The zero-order chi connectivity index (χ0) is 24.0. The van der Waals surface area contributed by atoms with E-state index in [0.29, 0.717) is 11.5 Å².